The molecule has 0 bridgehead atoms. The normalized spacial score (nSPS) is 16.8. The van der Waals surface area contributed by atoms with Crippen LogP contribution in [0.1, 0.15) is 5.69 Å². The zero-order valence-electron chi connectivity index (χ0n) is 16.4. The van der Waals surface area contributed by atoms with Gasteiger partial charge in [-0.2, -0.15) is 17.6 Å². The Morgan fingerprint density at radius 2 is 1.90 bits per heavy atom. The molecule has 0 aliphatic carbocycles. The molecule has 0 saturated carbocycles. The van der Waals surface area contributed by atoms with Crippen molar-refractivity contribution in [1.29, 1.82) is 0 Å². The summed E-state index contributed by atoms with van der Waals surface area (Å²) < 4.78 is 33.3. The van der Waals surface area contributed by atoms with Crippen LogP contribution in [0.15, 0.2) is 41.3 Å². The van der Waals surface area contributed by atoms with Crippen molar-refractivity contribution in [3.8, 4) is 5.75 Å². The second kappa shape index (κ2) is 6.99. The summed E-state index contributed by atoms with van der Waals surface area (Å²) in [4.78, 5) is 13.9. The number of carbonyl (C=O) groups is 1. The van der Waals surface area contributed by atoms with E-state index in [1.165, 1.54) is 12.1 Å². The Hall–Kier alpha value is -3.11. The summed E-state index contributed by atoms with van der Waals surface area (Å²) in [6.07, 6.45) is 0. The molecule has 1 amide bonds. The highest BCUT2D eigenvalue weighted by Gasteiger charge is 2.26. The number of amides is 1. The highest BCUT2D eigenvalue weighted by atomic mass is 32.2. The lowest BCUT2D eigenvalue weighted by Crippen LogP contribution is -2.43. The van der Waals surface area contributed by atoms with Gasteiger partial charge in [-0.1, -0.05) is 0 Å². The molecule has 5 rings (SSSR count). The number of fused-ring (bicyclic) bond motifs is 2. The minimum Gasteiger partial charge on any atom is -0.482 e. The Morgan fingerprint density at radius 1 is 1.10 bits per heavy atom. The van der Waals surface area contributed by atoms with Gasteiger partial charge < -0.3 is 20.3 Å². The van der Waals surface area contributed by atoms with E-state index in [0.717, 1.165) is 41.3 Å². The number of piperazine rings is 1. The van der Waals surface area contributed by atoms with E-state index >= 15 is 0 Å². The molecule has 0 radical (unpaired) electrons. The zero-order valence-corrected chi connectivity index (χ0v) is 17.2. The molecule has 2 N–H and O–H groups in total. The largest absolute Gasteiger partial charge is 0.482 e. The number of ether oxygens (including phenoxy) is 1. The summed E-state index contributed by atoms with van der Waals surface area (Å²) >= 11 is 0. The van der Waals surface area contributed by atoms with Crippen molar-refractivity contribution in [3.63, 3.8) is 0 Å². The smallest absolute Gasteiger partial charge is 0.283 e. The molecule has 3 heterocycles. The molecule has 0 atom stereocenters. The SMILES string of the molecule is Cc1nn(S(=O)(=O)c2ccc3c(c2)NC(=O)CO3)c2cc(N3CCNCC3)ccc12. The number of aromatic nitrogens is 2. The first-order valence-electron chi connectivity index (χ1n) is 9.71. The first-order chi connectivity index (χ1) is 14.4. The fourth-order valence-electron chi connectivity index (χ4n) is 3.85. The number of nitrogens with zero attached hydrogens (tertiary/aromatic N) is 3. The topological polar surface area (TPSA) is 106 Å². The maximum atomic E-state index is 13.4. The molecule has 2 aliphatic heterocycles. The number of anilines is 2. The summed E-state index contributed by atoms with van der Waals surface area (Å²) in [5.41, 5.74) is 2.46. The van der Waals surface area contributed by atoms with Crippen LogP contribution < -0.4 is 20.3 Å². The zero-order chi connectivity index (χ0) is 20.9. The molecule has 1 saturated heterocycles. The van der Waals surface area contributed by atoms with Crippen LogP contribution in [-0.4, -0.2) is 56.3 Å². The molecule has 2 aliphatic rings. The number of rotatable bonds is 3. The third-order valence-electron chi connectivity index (χ3n) is 5.41. The number of hydrogen-bond donors (Lipinski definition) is 2. The third-order valence-corrected chi connectivity index (χ3v) is 6.99. The summed E-state index contributed by atoms with van der Waals surface area (Å²) in [5, 5.41) is 11.1. The van der Waals surface area contributed by atoms with Gasteiger partial charge in [0.15, 0.2) is 6.61 Å². The standard InChI is InChI=1S/C20H21N5O4S/c1-13-16-4-2-14(24-8-6-21-7-9-24)10-18(16)25(23-13)30(27,28)15-3-5-19-17(11-15)22-20(26)12-29-19/h2-5,10-11,21H,6-9,12H2,1H3,(H,22,26). The van der Waals surface area contributed by atoms with Crippen LogP contribution in [0.4, 0.5) is 11.4 Å². The second-order valence-electron chi connectivity index (χ2n) is 7.37. The summed E-state index contributed by atoms with van der Waals surface area (Å²) in [6.45, 7) is 5.19. The number of aryl methyl sites for hydroxylation is 1. The quantitative estimate of drug-likeness (QED) is 0.649. The molecule has 30 heavy (non-hydrogen) atoms. The monoisotopic (exact) mass is 427 g/mol. The van der Waals surface area contributed by atoms with Crippen LogP contribution in [0.3, 0.4) is 0 Å². The van der Waals surface area contributed by atoms with Gasteiger partial charge in [-0.05, 0) is 43.3 Å². The first-order valence-corrected chi connectivity index (χ1v) is 11.1. The molecule has 3 aromatic rings. The fraction of sp³-hybridized carbons (Fsp3) is 0.300. The maximum Gasteiger partial charge on any atom is 0.283 e. The summed E-state index contributed by atoms with van der Waals surface area (Å²) in [7, 11) is -3.98. The molecule has 0 spiro atoms. The first kappa shape index (κ1) is 18.9. The van der Waals surface area contributed by atoms with Gasteiger partial charge in [0, 0.05) is 37.3 Å². The van der Waals surface area contributed by atoms with Crippen LogP contribution in [0, 0.1) is 6.92 Å². The van der Waals surface area contributed by atoms with Crippen molar-refractivity contribution in [1.82, 2.24) is 14.5 Å². The molecule has 2 aromatic carbocycles. The molecular weight excluding hydrogens is 406 g/mol. The summed E-state index contributed by atoms with van der Waals surface area (Å²) in [5.74, 6) is 0.120. The van der Waals surface area contributed by atoms with Crippen molar-refractivity contribution in [2.24, 2.45) is 0 Å². The summed E-state index contributed by atoms with van der Waals surface area (Å²) in [6, 6.07) is 10.2. The lowest BCUT2D eigenvalue weighted by Gasteiger charge is -2.29. The van der Waals surface area contributed by atoms with E-state index in [-0.39, 0.29) is 17.4 Å². The van der Waals surface area contributed by atoms with Crippen LogP contribution >= 0.6 is 0 Å². The van der Waals surface area contributed by atoms with Crippen molar-refractivity contribution < 1.29 is 17.9 Å². The number of carbonyl (C=O) groups excluding carboxylic acids is 1. The van der Waals surface area contributed by atoms with Crippen LogP contribution in [-0.2, 0) is 14.8 Å². The van der Waals surface area contributed by atoms with E-state index in [1.54, 1.807) is 13.0 Å². The van der Waals surface area contributed by atoms with E-state index in [1.807, 2.05) is 18.2 Å². The van der Waals surface area contributed by atoms with E-state index in [2.05, 4.69) is 20.6 Å². The second-order valence-corrected chi connectivity index (χ2v) is 9.13. The Bertz CT molecular complexity index is 1260. The van der Waals surface area contributed by atoms with E-state index in [4.69, 9.17) is 4.74 Å². The van der Waals surface area contributed by atoms with Gasteiger partial charge in [-0.25, -0.2) is 0 Å². The number of nitrogens with one attached hydrogen (secondary N) is 2. The van der Waals surface area contributed by atoms with Gasteiger partial charge in [0.2, 0.25) is 0 Å². The van der Waals surface area contributed by atoms with E-state index in [9.17, 15) is 13.2 Å². The van der Waals surface area contributed by atoms with Crippen LogP contribution in [0.2, 0.25) is 0 Å². The Labute approximate surface area is 173 Å². The van der Waals surface area contributed by atoms with Crippen molar-refractivity contribution in [3.05, 3.63) is 42.1 Å². The molecular formula is C20H21N5O4S. The minimum absolute atomic E-state index is 0.0315. The van der Waals surface area contributed by atoms with Gasteiger partial charge in [0.05, 0.1) is 21.8 Å². The fourth-order valence-corrected chi connectivity index (χ4v) is 5.20. The molecule has 1 fully saturated rings. The predicted molar refractivity (Wildman–Crippen MR) is 113 cm³/mol. The number of hydrogen-bond acceptors (Lipinski definition) is 7. The molecule has 1 aromatic heterocycles. The Balaban J connectivity index is 1.61. The highest BCUT2D eigenvalue weighted by Crippen LogP contribution is 2.32. The van der Waals surface area contributed by atoms with E-state index < -0.39 is 10.0 Å². The molecule has 10 heteroatoms. The van der Waals surface area contributed by atoms with Crippen molar-refractivity contribution >= 4 is 38.2 Å². The predicted octanol–water partition coefficient (Wildman–Crippen LogP) is 1.32. The lowest BCUT2D eigenvalue weighted by atomic mass is 10.2. The van der Waals surface area contributed by atoms with Gasteiger partial charge >= 0.3 is 0 Å². The molecule has 156 valence electrons. The Morgan fingerprint density at radius 3 is 2.70 bits per heavy atom. The van der Waals surface area contributed by atoms with Crippen molar-refractivity contribution in [2.45, 2.75) is 11.8 Å². The van der Waals surface area contributed by atoms with Gasteiger partial charge in [0.1, 0.15) is 5.75 Å². The van der Waals surface area contributed by atoms with Crippen molar-refractivity contribution in [2.75, 3.05) is 43.0 Å². The Kier molecular flexibility index (Phi) is 4.40. The van der Waals surface area contributed by atoms with E-state index in [0.29, 0.717) is 22.6 Å². The number of benzene rings is 2. The average molecular weight is 427 g/mol. The minimum atomic E-state index is -3.98. The maximum absolute atomic E-state index is 13.4. The lowest BCUT2D eigenvalue weighted by molar-refractivity contribution is -0.118. The van der Waals surface area contributed by atoms with Gasteiger partial charge in [-0.3, -0.25) is 4.79 Å². The van der Waals surface area contributed by atoms with Gasteiger partial charge in [-0.15, -0.1) is 0 Å². The average Bonchev–Trinajstić information content (AvgIpc) is 3.10. The van der Waals surface area contributed by atoms with Crippen LogP contribution in [0.25, 0.3) is 10.9 Å². The molecule has 0 unspecified atom stereocenters. The van der Waals surface area contributed by atoms with Crippen LogP contribution in [0.5, 0.6) is 5.75 Å². The molecule has 9 nitrogen and oxygen atoms in total. The van der Waals surface area contributed by atoms with Gasteiger partial charge in [0.25, 0.3) is 15.9 Å². The highest BCUT2D eigenvalue weighted by molar-refractivity contribution is 7.90. The third kappa shape index (κ3) is 3.08.